The molecule has 0 aromatic carbocycles. The Morgan fingerprint density at radius 3 is 2.54 bits per heavy atom. The second kappa shape index (κ2) is 4.77. The van der Waals surface area contributed by atoms with E-state index in [1.807, 2.05) is 11.3 Å². The molecule has 0 spiro atoms. The summed E-state index contributed by atoms with van der Waals surface area (Å²) in [5.74, 6) is 0. The van der Waals surface area contributed by atoms with Crippen LogP contribution in [0.1, 0.15) is 43.0 Å². The molecule has 1 nitrogen and oxygen atoms in total. The summed E-state index contributed by atoms with van der Waals surface area (Å²) in [6.45, 7) is 8.84. The Morgan fingerprint density at radius 1 is 1.38 bits per heavy atom. The predicted molar refractivity (Wildman–Crippen MR) is 60.4 cm³/mol. The van der Waals surface area contributed by atoms with E-state index < -0.39 is 0 Å². The molecule has 0 aliphatic rings. The van der Waals surface area contributed by atoms with E-state index in [1.165, 1.54) is 16.2 Å². The maximum atomic E-state index is 3.57. The lowest BCUT2D eigenvalue weighted by Gasteiger charge is -2.17. The zero-order valence-corrected chi connectivity index (χ0v) is 9.74. The van der Waals surface area contributed by atoms with Gasteiger partial charge in [0.1, 0.15) is 0 Å². The Balaban J connectivity index is 2.53. The second-order valence-electron chi connectivity index (χ2n) is 3.65. The Labute approximate surface area is 85.2 Å². The number of hydrogen-bond donors (Lipinski definition) is 1. The smallest absolute Gasteiger partial charge is 0.0388 e. The van der Waals surface area contributed by atoms with Crippen molar-refractivity contribution in [2.75, 3.05) is 0 Å². The lowest BCUT2D eigenvalue weighted by atomic mass is 10.2. The fourth-order valence-electron chi connectivity index (χ4n) is 1.31. The molecule has 0 aliphatic carbocycles. The van der Waals surface area contributed by atoms with Gasteiger partial charge in [-0.1, -0.05) is 6.92 Å². The third-order valence-electron chi connectivity index (χ3n) is 2.33. The van der Waals surface area contributed by atoms with Gasteiger partial charge in [0.2, 0.25) is 0 Å². The van der Waals surface area contributed by atoms with Gasteiger partial charge in [-0.25, -0.2) is 0 Å². The SMILES string of the molecule is CC[C@H](C)N[C@@H](C)c1ccc(C)s1. The average molecular weight is 197 g/mol. The molecule has 0 aliphatic heterocycles. The lowest BCUT2D eigenvalue weighted by molar-refractivity contribution is 0.474. The molecular weight excluding hydrogens is 178 g/mol. The van der Waals surface area contributed by atoms with Crippen LogP contribution in [0.4, 0.5) is 0 Å². The number of hydrogen-bond acceptors (Lipinski definition) is 2. The zero-order valence-electron chi connectivity index (χ0n) is 8.92. The molecule has 0 radical (unpaired) electrons. The molecule has 1 rings (SSSR count). The number of nitrogens with one attached hydrogen (secondary N) is 1. The molecule has 1 N–H and O–H groups in total. The number of thiophene rings is 1. The largest absolute Gasteiger partial charge is 0.307 e. The summed E-state index contributed by atoms with van der Waals surface area (Å²) >= 11 is 1.89. The molecule has 0 saturated carbocycles. The van der Waals surface area contributed by atoms with E-state index in [4.69, 9.17) is 0 Å². The van der Waals surface area contributed by atoms with E-state index in [-0.39, 0.29) is 0 Å². The molecular formula is C11H19NS. The van der Waals surface area contributed by atoms with Crippen LogP contribution in [0, 0.1) is 6.92 Å². The minimum atomic E-state index is 0.494. The van der Waals surface area contributed by atoms with Crippen LogP contribution in [-0.2, 0) is 0 Å². The maximum absolute atomic E-state index is 3.57. The zero-order chi connectivity index (χ0) is 9.84. The van der Waals surface area contributed by atoms with E-state index in [9.17, 15) is 0 Å². The normalized spacial score (nSPS) is 15.7. The molecule has 1 aromatic heterocycles. The van der Waals surface area contributed by atoms with Crippen LogP contribution in [0.2, 0.25) is 0 Å². The van der Waals surface area contributed by atoms with E-state index >= 15 is 0 Å². The van der Waals surface area contributed by atoms with Crippen LogP contribution in [0.15, 0.2) is 12.1 Å². The topological polar surface area (TPSA) is 12.0 Å². The first-order valence-corrected chi connectivity index (χ1v) is 5.77. The van der Waals surface area contributed by atoms with Crippen LogP contribution in [0.3, 0.4) is 0 Å². The monoisotopic (exact) mass is 197 g/mol. The first-order chi connectivity index (χ1) is 6.13. The van der Waals surface area contributed by atoms with Gasteiger partial charge in [-0.3, -0.25) is 0 Å². The standard InChI is InChI=1S/C11H19NS/c1-5-8(2)12-10(4)11-7-6-9(3)13-11/h6-8,10,12H,5H2,1-4H3/t8-,10-/m0/s1. The molecule has 0 unspecified atom stereocenters. The van der Waals surface area contributed by atoms with Gasteiger partial charge in [0.05, 0.1) is 0 Å². The average Bonchev–Trinajstić information content (AvgIpc) is 2.51. The van der Waals surface area contributed by atoms with Gasteiger partial charge in [0.25, 0.3) is 0 Å². The number of rotatable bonds is 4. The summed E-state index contributed by atoms with van der Waals surface area (Å²) in [5.41, 5.74) is 0. The van der Waals surface area contributed by atoms with Gasteiger partial charge >= 0.3 is 0 Å². The van der Waals surface area contributed by atoms with Gasteiger partial charge in [-0.2, -0.15) is 0 Å². The Hall–Kier alpha value is -0.340. The van der Waals surface area contributed by atoms with Gasteiger partial charge in [0.15, 0.2) is 0 Å². The van der Waals surface area contributed by atoms with Crippen molar-refractivity contribution in [1.29, 1.82) is 0 Å². The molecule has 1 heterocycles. The lowest BCUT2D eigenvalue weighted by Crippen LogP contribution is -2.27. The second-order valence-corrected chi connectivity index (χ2v) is 4.97. The van der Waals surface area contributed by atoms with Crippen LogP contribution >= 0.6 is 11.3 Å². The van der Waals surface area contributed by atoms with Crippen molar-refractivity contribution in [3.63, 3.8) is 0 Å². The molecule has 1 aromatic rings. The minimum Gasteiger partial charge on any atom is -0.307 e. The van der Waals surface area contributed by atoms with Gasteiger partial charge < -0.3 is 5.32 Å². The quantitative estimate of drug-likeness (QED) is 0.779. The maximum Gasteiger partial charge on any atom is 0.0388 e. The van der Waals surface area contributed by atoms with Crippen molar-refractivity contribution >= 4 is 11.3 Å². The van der Waals surface area contributed by atoms with Crippen LogP contribution in [0.25, 0.3) is 0 Å². The third-order valence-corrected chi connectivity index (χ3v) is 3.52. The Morgan fingerprint density at radius 2 is 2.08 bits per heavy atom. The highest BCUT2D eigenvalue weighted by molar-refractivity contribution is 7.12. The van der Waals surface area contributed by atoms with Crippen LogP contribution in [-0.4, -0.2) is 6.04 Å². The van der Waals surface area contributed by atoms with Gasteiger partial charge in [-0.15, -0.1) is 11.3 Å². The highest BCUT2D eigenvalue weighted by Crippen LogP contribution is 2.22. The summed E-state index contributed by atoms with van der Waals surface area (Å²) < 4.78 is 0. The molecule has 2 atom stereocenters. The summed E-state index contributed by atoms with van der Waals surface area (Å²) in [5, 5.41) is 3.57. The Bertz CT molecular complexity index is 254. The van der Waals surface area contributed by atoms with E-state index in [2.05, 4.69) is 45.1 Å². The molecule has 13 heavy (non-hydrogen) atoms. The van der Waals surface area contributed by atoms with Crippen LogP contribution in [0.5, 0.6) is 0 Å². The van der Waals surface area contributed by atoms with E-state index in [1.54, 1.807) is 0 Å². The molecule has 0 fully saturated rings. The van der Waals surface area contributed by atoms with Crippen molar-refractivity contribution in [2.45, 2.75) is 46.2 Å². The summed E-state index contributed by atoms with van der Waals surface area (Å²) in [7, 11) is 0. The van der Waals surface area contributed by atoms with Crippen molar-refractivity contribution < 1.29 is 0 Å². The van der Waals surface area contributed by atoms with Gasteiger partial charge in [-0.05, 0) is 39.3 Å². The predicted octanol–water partition coefficient (Wildman–Crippen LogP) is 3.51. The van der Waals surface area contributed by atoms with Crippen LogP contribution < -0.4 is 5.32 Å². The fraction of sp³-hybridized carbons (Fsp3) is 0.636. The first kappa shape index (κ1) is 10.7. The summed E-state index contributed by atoms with van der Waals surface area (Å²) in [6.07, 6.45) is 1.19. The van der Waals surface area contributed by atoms with Gasteiger partial charge in [0, 0.05) is 21.8 Å². The molecule has 0 saturated heterocycles. The molecule has 0 bridgehead atoms. The molecule has 2 heteroatoms. The summed E-state index contributed by atoms with van der Waals surface area (Å²) in [6, 6.07) is 5.51. The first-order valence-electron chi connectivity index (χ1n) is 4.96. The fourth-order valence-corrected chi connectivity index (χ4v) is 2.20. The Kier molecular flexibility index (Phi) is 3.94. The highest BCUT2D eigenvalue weighted by atomic mass is 32.1. The van der Waals surface area contributed by atoms with Crippen molar-refractivity contribution in [3.05, 3.63) is 21.9 Å². The van der Waals surface area contributed by atoms with Crippen molar-refractivity contribution in [1.82, 2.24) is 5.32 Å². The van der Waals surface area contributed by atoms with E-state index in [0.29, 0.717) is 12.1 Å². The minimum absolute atomic E-state index is 0.494. The molecule has 0 amide bonds. The van der Waals surface area contributed by atoms with E-state index in [0.717, 1.165) is 0 Å². The highest BCUT2D eigenvalue weighted by Gasteiger charge is 2.09. The van der Waals surface area contributed by atoms with Crippen molar-refractivity contribution in [3.8, 4) is 0 Å². The van der Waals surface area contributed by atoms with Crippen molar-refractivity contribution in [2.24, 2.45) is 0 Å². The third kappa shape index (κ3) is 3.12. The summed E-state index contributed by atoms with van der Waals surface area (Å²) in [4.78, 5) is 2.84. The number of aryl methyl sites for hydroxylation is 1. The molecule has 74 valence electrons.